The van der Waals surface area contributed by atoms with Crippen molar-refractivity contribution in [3.05, 3.63) is 29.8 Å². The van der Waals surface area contributed by atoms with E-state index < -0.39 is 0 Å². The fourth-order valence-electron chi connectivity index (χ4n) is 1.96. The standard InChI is InChI=1S/C12H14O2/c1-2-11(13)10-7-9(10)8-5-3-4-6-12(8)14/h3-6,9-10,14H,2,7H2,1H3. The Morgan fingerprint density at radius 1 is 1.50 bits per heavy atom. The average Bonchev–Trinajstić information content (AvgIpc) is 2.97. The molecule has 74 valence electrons. The number of para-hydroxylation sites is 1. The van der Waals surface area contributed by atoms with E-state index in [2.05, 4.69) is 0 Å². The van der Waals surface area contributed by atoms with E-state index in [9.17, 15) is 9.90 Å². The lowest BCUT2D eigenvalue weighted by Gasteiger charge is -2.01. The van der Waals surface area contributed by atoms with Crippen molar-refractivity contribution in [3.8, 4) is 5.75 Å². The zero-order valence-electron chi connectivity index (χ0n) is 8.23. The first-order valence-corrected chi connectivity index (χ1v) is 5.04. The summed E-state index contributed by atoms with van der Waals surface area (Å²) in [5.74, 6) is 1.07. The number of rotatable bonds is 3. The molecule has 0 aromatic heterocycles. The molecule has 0 aliphatic heterocycles. The molecule has 2 atom stereocenters. The normalized spacial score (nSPS) is 24.6. The number of Topliss-reactive ketones (excluding diaryl/α,β-unsaturated/α-hetero) is 1. The van der Waals surface area contributed by atoms with Crippen molar-refractivity contribution < 1.29 is 9.90 Å². The minimum Gasteiger partial charge on any atom is -0.508 e. The second-order valence-corrected chi connectivity index (χ2v) is 3.83. The van der Waals surface area contributed by atoms with Gasteiger partial charge in [0.1, 0.15) is 11.5 Å². The van der Waals surface area contributed by atoms with Gasteiger partial charge in [0.25, 0.3) is 0 Å². The third-order valence-electron chi connectivity index (χ3n) is 2.89. The highest BCUT2D eigenvalue weighted by Gasteiger charge is 2.43. The summed E-state index contributed by atoms with van der Waals surface area (Å²) in [4.78, 5) is 11.4. The highest BCUT2D eigenvalue weighted by atomic mass is 16.3. The molecular formula is C12H14O2. The zero-order valence-corrected chi connectivity index (χ0v) is 8.23. The van der Waals surface area contributed by atoms with E-state index in [0.29, 0.717) is 18.0 Å². The molecule has 0 spiro atoms. The van der Waals surface area contributed by atoms with Gasteiger partial charge in [-0.2, -0.15) is 0 Å². The van der Waals surface area contributed by atoms with Crippen LogP contribution in [0, 0.1) is 5.92 Å². The van der Waals surface area contributed by atoms with Crippen molar-refractivity contribution in [2.45, 2.75) is 25.7 Å². The molecule has 2 heteroatoms. The Morgan fingerprint density at radius 3 is 2.86 bits per heavy atom. The number of carbonyl (C=O) groups excluding carboxylic acids is 1. The maximum atomic E-state index is 11.4. The van der Waals surface area contributed by atoms with E-state index >= 15 is 0 Å². The number of phenolic OH excluding ortho intramolecular Hbond substituents is 1. The van der Waals surface area contributed by atoms with Gasteiger partial charge >= 0.3 is 0 Å². The summed E-state index contributed by atoms with van der Waals surface area (Å²) in [6, 6.07) is 7.29. The van der Waals surface area contributed by atoms with Crippen LogP contribution in [0.2, 0.25) is 0 Å². The third kappa shape index (κ3) is 1.52. The van der Waals surface area contributed by atoms with Gasteiger partial charge in [-0.3, -0.25) is 4.79 Å². The fourth-order valence-corrected chi connectivity index (χ4v) is 1.96. The lowest BCUT2D eigenvalue weighted by Crippen LogP contribution is -1.99. The van der Waals surface area contributed by atoms with Gasteiger partial charge in [-0.15, -0.1) is 0 Å². The molecule has 1 aliphatic carbocycles. The van der Waals surface area contributed by atoms with Gasteiger partial charge in [-0.1, -0.05) is 25.1 Å². The number of hydrogen-bond acceptors (Lipinski definition) is 2. The van der Waals surface area contributed by atoms with E-state index in [1.807, 2.05) is 19.1 Å². The molecule has 0 saturated heterocycles. The summed E-state index contributed by atoms with van der Waals surface area (Å²) in [5, 5.41) is 9.58. The van der Waals surface area contributed by atoms with Crippen molar-refractivity contribution in [1.82, 2.24) is 0 Å². The van der Waals surface area contributed by atoms with Crippen molar-refractivity contribution >= 4 is 5.78 Å². The monoisotopic (exact) mass is 190 g/mol. The van der Waals surface area contributed by atoms with Gasteiger partial charge in [0.05, 0.1) is 0 Å². The van der Waals surface area contributed by atoms with Crippen LogP contribution in [0.3, 0.4) is 0 Å². The van der Waals surface area contributed by atoms with Crippen molar-refractivity contribution in [2.24, 2.45) is 5.92 Å². The summed E-state index contributed by atoms with van der Waals surface area (Å²) in [5.41, 5.74) is 0.930. The van der Waals surface area contributed by atoms with Crippen molar-refractivity contribution in [3.63, 3.8) is 0 Å². The van der Waals surface area contributed by atoms with Crippen LogP contribution < -0.4 is 0 Å². The van der Waals surface area contributed by atoms with Crippen LogP contribution in [0.5, 0.6) is 5.75 Å². The maximum absolute atomic E-state index is 11.4. The Morgan fingerprint density at radius 2 is 2.21 bits per heavy atom. The second-order valence-electron chi connectivity index (χ2n) is 3.83. The number of carbonyl (C=O) groups is 1. The van der Waals surface area contributed by atoms with E-state index in [0.717, 1.165) is 12.0 Å². The number of phenols is 1. The second kappa shape index (κ2) is 3.45. The van der Waals surface area contributed by atoms with E-state index in [4.69, 9.17) is 0 Å². The van der Waals surface area contributed by atoms with E-state index in [-0.39, 0.29) is 11.8 Å². The Kier molecular flexibility index (Phi) is 2.28. The molecule has 2 nitrogen and oxygen atoms in total. The first kappa shape index (κ1) is 9.25. The molecule has 0 amide bonds. The molecule has 1 fully saturated rings. The van der Waals surface area contributed by atoms with Gasteiger partial charge in [0.15, 0.2) is 0 Å². The molecule has 1 aromatic rings. The van der Waals surface area contributed by atoms with Gasteiger partial charge in [0, 0.05) is 12.3 Å². The van der Waals surface area contributed by atoms with Gasteiger partial charge in [-0.05, 0) is 24.0 Å². The number of benzene rings is 1. The van der Waals surface area contributed by atoms with Crippen LogP contribution >= 0.6 is 0 Å². The number of hydrogen-bond donors (Lipinski definition) is 1. The molecule has 1 aliphatic rings. The molecule has 1 aromatic carbocycles. The Bertz CT molecular complexity index is 357. The van der Waals surface area contributed by atoms with Crippen LogP contribution in [-0.2, 0) is 4.79 Å². The summed E-state index contributed by atoms with van der Waals surface area (Å²) in [6.07, 6.45) is 1.51. The van der Waals surface area contributed by atoms with Crippen LogP contribution in [0.4, 0.5) is 0 Å². The Balaban J connectivity index is 2.13. The summed E-state index contributed by atoms with van der Waals surface area (Å²) >= 11 is 0. The summed E-state index contributed by atoms with van der Waals surface area (Å²) in [7, 11) is 0. The first-order valence-electron chi connectivity index (χ1n) is 5.04. The predicted molar refractivity (Wildman–Crippen MR) is 54.3 cm³/mol. The molecular weight excluding hydrogens is 176 g/mol. The lowest BCUT2D eigenvalue weighted by atomic mass is 10.1. The smallest absolute Gasteiger partial charge is 0.136 e. The first-order chi connectivity index (χ1) is 6.74. The highest BCUT2D eigenvalue weighted by molar-refractivity contribution is 5.84. The highest BCUT2D eigenvalue weighted by Crippen LogP contribution is 2.50. The maximum Gasteiger partial charge on any atom is 0.136 e. The fraction of sp³-hybridized carbons (Fsp3) is 0.417. The van der Waals surface area contributed by atoms with Crippen molar-refractivity contribution in [1.29, 1.82) is 0 Å². The summed E-state index contributed by atoms with van der Waals surface area (Å²) in [6.45, 7) is 1.89. The third-order valence-corrected chi connectivity index (χ3v) is 2.89. The number of aromatic hydroxyl groups is 1. The van der Waals surface area contributed by atoms with Gasteiger partial charge in [-0.25, -0.2) is 0 Å². The molecule has 1 N–H and O–H groups in total. The molecule has 2 rings (SSSR count). The number of ketones is 1. The minimum atomic E-state index is 0.160. The summed E-state index contributed by atoms with van der Waals surface area (Å²) < 4.78 is 0. The molecule has 0 radical (unpaired) electrons. The molecule has 0 bridgehead atoms. The lowest BCUT2D eigenvalue weighted by molar-refractivity contribution is -0.120. The van der Waals surface area contributed by atoms with Gasteiger partial charge < -0.3 is 5.11 Å². The molecule has 14 heavy (non-hydrogen) atoms. The van der Waals surface area contributed by atoms with Crippen molar-refractivity contribution in [2.75, 3.05) is 0 Å². The Hall–Kier alpha value is -1.31. The largest absolute Gasteiger partial charge is 0.508 e. The van der Waals surface area contributed by atoms with Crippen LogP contribution in [-0.4, -0.2) is 10.9 Å². The SMILES string of the molecule is CCC(=O)C1CC1c1ccccc1O. The average molecular weight is 190 g/mol. The quantitative estimate of drug-likeness (QED) is 0.795. The van der Waals surface area contributed by atoms with Crippen LogP contribution in [0.1, 0.15) is 31.2 Å². The topological polar surface area (TPSA) is 37.3 Å². The minimum absolute atomic E-state index is 0.160. The van der Waals surface area contributed by atoms with E-state index in [1.165, 1.54) is 0 Å². The molecule has 2 unspecified atom stereocenters. The van der Waals surface area contributed by atoms with Crippen LogP contribution in [0.15, 0.2) is 24.3 Å². The molecule has 0 heterocycles. The predicted octanol–water partition coefficient (Wildman–Crippen LogP) is 2.47. The van der Waals surface area contributed by atoms with E-state index in [1.54, 1.807) is 12.1 Å². The van der Waals surface area contributed by atoms with Crippen LogP contribution in [0.25, 0.3) is 0 Å². The molecule has 1 saturated carbocycles. The van der Waals surface area contributed by atoms with Gasteiger partial charge in [0.2, 0.25) is 0 Å². The Labute approximate surface area is 83.6 Å². The zero-order chi connectivity index (χ0) is 10.1.